The Morgan fingerprint density at radius 2 is 1.04 bits per heavy atom. The second kappa shape index (κ2) is 10.0. The van der Waals surface area contributed by atoms with Crippen molar-refractivity contribution in [2.45, 2.75) is 32.6 Å². The first-order valence-corrected chi connectivity index (χ1v) is 12.3. The van der Waals surface area contributed by atoms with E-state index in [2.05, 4.69) is 97.9 Å². The van der Waals surface area contributed by atoms with E-state index in [1.165, 1.54) is 47.8 Å². The summed E-state index contributed by atoms with van der Waals surface area (Å²) in [5, 5.41) is 4.59. The van der Waals surface area contributed by atoms with Crippen LogP contribution in [0, 0.1) is 11.8 Å². The summed E-state index contributed by atoms with van der Waals surface area (Å²) in [7, 11) is -1.64. The smallest absolute Gasteiger partial charge is 0.112 e. The van der Waals surface area contributed by atoms with Gasteiger partial charge in [0.05, 0.1) is 6.16 Å². The monoisotopic (exact) mass is 500 g/mol. The third-order valence-electron chi connectivity index (χ3n) is 6.35. The molecule has 0 unspecified atom stereocenters. The zero-order valence-electron chi connectivity index (χ0n) is 16.7. The standard InChI is InChI=1S/C26H30P.HI/c1-2-22-18-19-23(20-22)21-27(24-12-6-3-7-13-24,25-14-8-4-9-15-25)26-16-10-5-11-17-26;/h3-17,22-23H,2,18-21H2,1H3;1H/q+1;/p-1/t22-,23+;/m1./s1. The van der Waals surface area contributed by atoms with Crippen molar-refractivity contribution in [2.24, 2.45) is 11.8 Å². The highest BCUT2D eigenvalue weighted by atomic mass is 127. The minimum absolute atomic E-state index is 0. The van der Waals surface area contributed by atoms with Crippen LogP contribution in [0.3, 0.4) is 0 Å². The highest BCUT2D eigenvalue weighted by Crippen LogP contribution is 2.58. The lowest BCUT2D eigenvalue weighted by Crippen LogP contribution is -3.00. The molecular formula is C26H30IP. The van der Waals surface area contributed by atoms with Gasteiger partial charge in [0.15, 0.2) is 0 Å². The maximum atomic E-state index is 2.38. The summed E-state index contributed by atoms with van der Waals surface area (Å²) in [5.41, 5.74) is 0. The first-order valence-electron chi connectivity index (χ1n) is 10.4. The van der Waals surface area contributed by atoms with Gasteiger partial charge in [-0.1, -0.05) is 74.4 Å². The van der Waals surface area contributed by atoms with Gasteiger partial charge in [-0.05, 0) is 61.1 Å². The van der Waals surface area contributed by atoms with Crippen LogP contribution in [0.25, 0.3) is 0 Å². The van der Waals surface area contributed by atoms with Gasteiger partial charge in [-0.25, -0.2) is 0 Å². The van der Waals surface area contributed by atoms with E-state index < -0.39 is 7.26 Å². The summed E-state index contributed by atoms with van der Waals surface area (Å²) in [6, 6.07) is 34.0. The molecule has 3 aromatic rings. The van der Waals surface area contributed by atoms with Crippen molar-refractivity contribution >= 4 is 23.2 Å². The number of hydrogen-bond donors (Lipinski definition) is 0. The highest BCUT2D eigenvalue weighted by molar-refractivity contribution is 7.95. The van der Waals surface area contributed by atoms with Crippen molar-refractivity contribution in [2.75, 3.05) is 6.16 Å². The molecule has 0 amide bonds. The Kier molecular flexibility index (Phi) is 7.71. The maximum Gasteiger partial charge on any atom is 0.112 e. The molecular weight excluding hydrogens is 470 g/mol. The summed E-state index contributed by atoms with van der Waals surface area (Å²) in [4.78, 5) is 0. The fourth-order valence-electron chi connectivity index (χ4n) is 4.91. The molecule has 3 aromatic carbocycles. The van der Waals surface area contributed by atoms with Crippen molar-refractivity contribution in [3.63, 3.8) is 0 Å². The molecule has 0 aliphatic heterocycles. The van der Waals surface area contributed by atoms with Gasteiger partial charge in [0.1, 0.15) is 23.2 Å². The Balaban J connectivity index is 0.00000225. The normalized spacial score (nSPS) is 19.2. The van der Waals surface area contributed by atoms with E-state index in [9.17, 15) is 0 Å². The molecule has 0 heterocycles. The van der Waals surface area contributed by atoms with Gasteiger partial charge in [0, 0.05) is 0 Å². The zero-order valence-corrected chi connectivity index (χ0v) is 19.7. The molecule has 0 nitrogen and oxygen atoms in total. The average molecular weight is 500 g/mol. The summed E-state index contributed by atoms with van der Waals surface area (Å²) in [5.74, 6) is 1.77. The fraction of sp³-hybridized carbons (Fsp3) is 0.308. The summed E-state index contributed by atoms with van der Waals surface area (Å²) in [6.45, 7) is 2.36. The first-order chi connectivity index (χ1) is 13.3. The lowest BCUT2D eigenvalue weighted by molar-refractivity contribution is -0.00000543. The fourth-order valence-corrected chi connectivity index (χ4v) is 9.59. The predicted molar refractivity (Wildman–Crippen MR) is 121 cm³/mol. The summed E-state index contributed by atoms with van der Waals surface area (Å²) in [6.07, 6.45) is 6.86. The second-order valence-electron chi connectivity index (χ2n) is 7.95. The number of rotatable bonds is 6. The van der Waals surface area contributed by atoms with Crippen molar-refractivity contribution in [3.8, 4) is 0 Å². The van der Waals surface area contributed by atoms with Crippen LogP contribution in [0.2, 0.25) is 0 Å². The molecule has 1 aliphatic rings. The lowest BCUT2D eigenvalue weighted by Gasteiger charge is -2.30. The molecule has 0 radical (unpaired) electrons. The van der Waals surface area contributed by atoms with E-state index in [0.29, 0.717) is 0 Å². The minimum Gasteiger partial charge on any atom is -1.00 e. The second-order valence-corrected chi connectivity index (χ2v) is 11.5. The van der Waals surface area contributed by atoms with E-state index >= 15 is 0 Å². The minimum atomic E-state index is -1.64. The molecule has 0 spiro atoms. The molecule has 146 valence electrons. The Hall–Kier alpha value is -1.18. The van der Waals surface area contributed by atoms with Gasteiger partial charge in [-0.3, -0.25) is 0 Å². The molecule has 1 fully saturated rings. The lowest BCUT2D eigenvalue weighted by atomic mass is 10.0. The van der Waals surface area contributed by atoms with Crippen LogP contribution in [-0.2, 0) is 0 Å². The molecule has 2 atom stereocenters. The molecule has 4 rings (SSSR count). The van der Waals surface area contributed by atoms with Crippen LogP contribution in [0.4, 0.5) is 0 Å². The van der Waals surface area contributed by atoms with Crippen LogP contribution >= 0.6 is 7.26 Å². The average Bonchev–Trinajstić information content (AvgIpc) is 3.21. The summed E-state index contributed by atoms with van der Waals surface area (Å²) < 4.78 is 0. The molecule has 0 bridgehead atoms. The number of halogens is 1. The van der Waals surface area contributed by atoms with Crippen molar-refractivity contribution < 1.29 is 24.0 Å². The van der Waals surface area contributed by atoms with Crippen LogP contribution in [0.1, 0.15) is 32.6 Å². The topological polar surface area (TPSA) is 0 Å². The van der Waals surface area contributed by atoms with E-state index in [1.807, 2.05) is 0 Å². The van der Waals surface area contributed by atoms with E-state index in [1.54, 1.807) is 0 Å². The molecule has 1 saturated carbocycles. The maximum absolute atomic E-state index is 2.38. The van der Waals surface area contributed by atoms with E-state index in [0.717, 1.165) is 11.8 Å². The number of hydrogen-bond acceptors (Lipinski definition) is 0. The van der Waals surface area contributed by atoms with Gasteiger partial charge in [0.2, 0.25) is 0 Å². The van der Waals surface area contributed by atoms with Crippen LogP contribution in [0.15, 0.2) is 91.0 Å². The third kappa shape index (κ3) is 4.36. The summed E-state index contributed by atoms with van der Waals surface area (Å²) >= 11 is 0. The van der Waals surface area contributed by atoms with Crippen molar-refractivity contribution in [3.05, 3.63) is 91.0 Å². The van der Waals surface area contributed by atoms with Crippen LogP contribution in [0.5, 0.6) is 0 Å². The number of benzene rings is 3. The van der Waals surface area contributed by atoms with Crippen molar-refractivity contribution in [1.82, 2.24) is 0 Å². The molecule has 1 aliphatic carbocycles. The van der Waals surface area contributed by atoms with E-state index in [-0.39, 0.29) is 24.0 Å². The Morgan fingerprint density at radius 1 is 0.643 bits per heavy atom. The van der Waals surface area contributed by atoms with Gasteiger partial charge in [0.25, 0.3) is 0 Å². The Bertz CT molecular complexity index is 735. The van der Waals surface area contributed by atoms with Gasteiger partial charge in [-0.15, -0.1) is 0 Å². The SMILES string of the molecule is CC[C@@H]1CC[C@H](C[P+](c2ccccc2)(c2ccccc2)c2ccccc2)C1.[I-]. The third-order valence-corrected chi connectivity index (χ3v) is 11.0. The Labute approximate surface area is 188 Å². The highest BCUT2D eigenvalue weighted by Gasteiger charge is 2.47. The Morgan fingerprint density at radius 3 is 1.39 bits per heavy atom. The zero-order chi connectivity index (χ0) is 18.5. The largest absolute Gasteiger partial charge is 1.00 e. The van der Waals surface area contributed by atoms with Crippen molar-refractivity contribution in [1.29, 1.82) is 0 Å². The molecule has 0 aromatic heterocycles. The molecule has 0 N–H and O–H groups in total. The van der Waals surface area contributed by atoms with E-state index in [4.69, 9.17) is 0 Å². The molecule has 28 heavy (non-hydrogen) atoms. The van der Waals surface area contributed by atoms with Crippen LogP contribution < -0.4 is 39.9 Å². The van der Waals surface area contributed by atoms with Crippen LogP contribution in [-0.4, -0.2) is 6.16 Å². The van der Waals surface area contributed by atoms with Gasteiger partial charge < -0.3 is 24.0 Å². The molecule has 0 saturated heterocycles. The van der Waals surface area contributed by atoms with Gasteiger partial charge >= 0.3 is 0 Å². The quantitative estimate of drug-likeness (QED) is 0.361. The first kappa shape index (κ1) is 21.5. The predicted octanol–water partition coefficient (Wildman–Crippen LogP) is 2.81. The molecule has 2 heteroatoms. The van der Waals surface area contributed by atoms with Gasteiger partial charge in [-0.2, -0.15) is 0 Å².